The van der Waals surface area contributed by atoms with Gasteiger partial charge in [-0.15, -0.1) is 0 Å². The number of unbranched alkanes of at least 4 members (excludes halogenated alkanes) is 17. The summed E-state index contributed by atoms with van der Waals surface area (Å²) >= 11 is 0. The van der Waals surface area contributed by atoms with Gasteiger partial charge in [-0.05, 0) is 38.5 Å². The Bertz CT molecular complexity index is 776. The quantitative estimate of drug-likeness (QED) is 0.0425. The lowest BCUT2D eigenvalue weighted by Gasteiger charge is -2.40. The van der Waals surface area contributed by atoms with Crippen molar-refractivity contribution in [1.29, 1.82) is 0 Å². The van der Waals surface area contributed by atoms with Crippen molar-refractivity contribution in [3.8, 4) is 0 Å². The third-order valence-electron chi connectivity index (χ3n) is 8.77. The molecule has 270 valence electrons. The summed E-state index contributed by atoms with van der Waals surface area (Å²) in [6.45, 7) is 3.68. The van der Waals surface area contributed by atoms with Crippen LogP contribution in [0.1, 0.15) is 149 Å². The molecule has 0 bridgehead atoms. The van der Waals surface area contributed by atoms with E-state index >= 15 is 0 Å². The summed E-state index contributed by atoms with van der Waals surface area (Å²) in [5.41, 5.74) is 0. The van der Waals surface area contributed by atoms with Crippen molar-refractivity contribution >= 4 is 5.91 Å². The summed E-state index contributed by atoms with van der Waals surface area (Å²) in [5, 5.41) is 53.7. The van der Waals surface area contributed by atoms with Gasteiger partial charge in [-0.1, -0.05) is 128 Å². The van der Waals surface area contributed by atoms with E-state index in [0.717, 1.165) is 32.1 Å². The molecule has 0 radical (unpaired) electrons. The van der Waals surface area contributed by atoms with E-state index in [0.29, 0.717) is 12.8 Å². The topological polar surface area (TPSA) is 149 Å². The highest BCUT2D eigenvalue weighted by atomic mass is 16.7. The van der Waals surface area contributed by atoms with Crippen LogP contribution in [0.4, 0.5) is 0 Å². The number of nitrogens with one attached hydrogen (secondary N) is 1. The maximum atomic E-state index is 12.8. The Balaban J connectivity index is 2.49. The van der Waals surface area contributed by atoms with Gasteiger partial charge in [-0.3, -0.25) is 4.79 Å². The van der Waals surface area contributed by atoms with Crippen LogP contribution in [-0.4, -0.2) is 87.5 Å². The standard InChI is InChI=1S/C37H69NO8/c1-3-5-7-9-11-13-14-15-16-17-19-20-22-24-26-31(40)30(29-45-37-36(44)35(43)34(42)32(28-39)46-37)38-33(41)27-25-23-21-18-12-10-8-6-4-2/h18,21,24,26,30-32,34-37,39-40,42-44H,3-17,19-20,22-23,25,27-29H2,1-2H3,(H,38,41)/b21-18-,26-24+. The highest BCUT2D eigenvalue weighted by molar-refractivity contribution is 5.76. The monoisotopic (exact) mass is 656 g/mol. The molecule has 1 heterocycles. The summed E-state index contributed by atoms with van der Waals surface area (Å²) in [7, 11) is 0. The van der Waals surface area contributed by atoms with Crippen LogP contribution in [0, 0.1) is 0 Å². The van der Waals surface area contributed by atoms with Gasteiger partial charge in [-0.2, -0.15) is 0 Å². The smallest absolute Gasteiger partial charge is 0.220 e. The maximum Gasteiger partial charge on any atom is 0.220 e. The average Bonchev–Trinajstić information content (AvgIpc) is 3.05. The Hall–Kier alpha value is -1.33. The minimum atomic E-state index is -1.57. The molecule has 7 unspecified atom stereocenters. The van der Waals surface area contributed by atoms with Crippen LogP contribution in [0.3, 0.4) is 0 Å². The zero-order chi connectivity index (χ0) is 33.8. The largest absolute Gasteiger partial charge is 0.394 e. The Labute approximate surface area is 279 Å². The van der Waals surface area contributed by atoms with Gasteiger partial charge in [0.1, 0.15) is 24.4 Å². The van der Waals surface area contributed by atoms with Crippen molar-refractivity contribution in [2.24, 2.45) is 0 Å². The van der Waals surface area contributed by atoms with E-state index < -0.39 is 49.5 Å². The van der Waals surface area contributed by atoms with Crippen molar-refractivity contribution in [1.82, 2.24) is 5.32 Å². The van der Waals surface area contributed by atoms with E-state index in [1.54, 1.807) is 6.08 Å². The van der Waals surface area contributed by atoms with Crippen LogP contribution in [0.25, 0.3) is 0 Å². The lowest BCUT2D eigenvalue weighted by molar-refractivity contribution is -0.302. The number of allylic oxidation sites excluding steroid dienone is 3. The molecule has 0 spiro atoms. The van der Waals surface area contributed by atoms with E-state index in [1.165, 1.54) is 89.9 Å². The maximum absolute atomic E-state index is 12.8. The van der Waals surface area contributed by atoms with Crippen molar-refractivity contribution in [2.45, 2.75) is 192 Å². The van der Waals surface area contributed by atoms with Gasteiger partial charge < -0.3 is 40.3 Å². The Kier molecular flexibility index (Phi) is 26.6. The van der Waals surface area contributed by atoms with Crippen LogP contribution in [0.2, 0.25) is 0 Å². The predicted octanol–water partition coefficient (Wildman–Crippen LogP) is 5.99. The van der Waals surface area contributed by atoms with Crippen molar-refractivity contribution in [3.05, 3.63) is 24.3 Å². The van der Waals surface area contributed by atoms with Gasteiger partial charge in [0, 0.05) is 6.42 Å². The van der Waals surface area contributed by atoms with Gasteiger partial charge in [0.15, 0.2) is 6.29 Å². The molecule has 7 atom stereocenters. The summed E-state index contributed by atoms with van der Waals surface area (Å²) < 4.78 is 11.1. The first-order valence-corrected chi connectivity index (χ1v) is 18.6. The molecule has 0 aromatic rings. The molecule has 0 aromatic carbocycles. The van der Waals surface area contributed by atoms with Crippen LogP contribution in [0.15, 0.2) is 24.3 Å². The zero-order valence-electron chi connectivity index (χ0n) is 29.1. The number of hydrogen-bond donors (Lipinski definition) is 6. The van der Waals surface area contributed by atoms with Gasteiger partial charge >= 0.3 is 0 Å². The average molecular weight is 656 g/mol. The first kappa shape index (κ1) is 42.7. The molecule has 1 rings (SSSR count). The second-order valence-corrected chi connectivity index (χ2v) is 13.0. The van der Waals surface area contributed by atoms with E-state index in [4.69, 9.17) is 9.47 Å². The molecule has 0 aromatic heterocycles. The number of carbonyl (C=O) groups excluding carboxylic acids is 1. The second kappa shape index (κ2) is 28.7. The molecule has 9 heteroatoms. The van der Waals surface area contributed by atoms with Crippen LogP contribution in [-0.2, 0) is 14.3 Å². The molecule has 6 N–H and O–H groups in total. The molecule has 1 amide bonds. The summed E-state index contributed by atoms with van der Waals surface area (Å²) in [4.78, 5) is 12.8. The SMILES string of the molecule is CCCCCC/C=C\CCCC(=O)NC(COC1OC(CO)C(O)C(O)C1O)C(O)/C=C/CCCCCCCCCCCCCC. The molecule has 1 aliphatic heterocycles. The number of ether oxygens (including phenoxy) is 2. The molecular weight excluding hydrogens is 586 g/mol. The Morgan fingerprint density at radius 3 is 1.78 bits per heavy atom. The van der Waals surface area contributed by atoms with Gasteiger partial charge in [0.25, 0.3) is 0 Å². The molecule has 1 fully saturated rings. The second-order valence-electron chi connectivity index (χ2n) is 13.0. The lowest BCUT2D eigenvalue weighted by atomic mass is 9.99. The normalized spacial score (nSPS) is 23.3. The van der Waals surface area contributed by atoms with E-state index in [1.807, 2.05) is 6.08 Å². The molecule has 9 nitrogen and oxygen atoms in total. The Morgan fingerprint density at radius 1 is 0.717 bits per heavy atom. The van der Waals surface area contributed by atoms with Crippen LogP contribution < -0.4 is 5.32 Å². The van der Waals surface area contributed by atoms with Crippen molar-refractivity contribution < 1.29 is 39.8 Å². The predicted molar refractivity (Wildman–Crippen MR) is 184 cm³/mol. The van der Waals surface area contributed by atoms with Gasteiger partial charge in [0.05, 0.1) is 25.4 Å². The fraction of sp³-hybridized carbons (Fsp3) is 0.865. The minimum absolute atomic E-state index is 0.198. The van der Waals surface area contributed by atoms with E-state index in [2.05, 4.69) is 31.3 Å². The fourth-order valence-electron chi connectivity index (χ4n) is 5.69. The van der Waals surface area contributed by atoms with Crippen LogP contribution >= 0.6 is 0 Å². The molecule has 1 aliphatic rings. The fourth-order valence-corrected chi connectivity index (χ4v) is 5.69. The third-order valence-corrected chi connectivity index (χ3v) is 8.77. The summed E-state index contributed by atoms with van der Waals surface area (Å²) in [6.07, 6.45) is 23.8. The van der Waals surface area contributed by atoms with Crippen molar-refractivity contribution in [3.63, 3.8) is 0 Å². The van der Waals surface area contributed by atoms with E-state index in [-0.39, 0.29) is 12.5 Å². The number of rotatable bonds is 29. The molecular formula is C37H69NO8. The molecule has 1 saturated heterocycles. The Morgan fingerprint density at radius 2 is 1.22 bits per heavy atom. The molecule has 46 heavy (non-hydrogen) atoms. The highest BCUT2D eigenvalue weighted by Crippen LogP contribution is 2.22. The highest BCUT2D eigenvalue weighted by Gasteiger charge is 2.44. The number of carbonyl (C=O) groups is 1. The number of aliphatic hydroxyl groups excluding tert-OH is 5. The summed E-state index contributed by atoms with van der Waals surface area (Å²) in [5.74, 6) is -0.216. The number of hydrogen-bond acceptors (Lipinski definition) is 8. The molecule has 0 saturated carbocycles. The number of aliphatic hydroxyl groups is 5. The summed E-state index contributed by atoms with van der Waals surface area (Å²) in [6, 6.07) is -0.813. The van der Waals surface area contributed by atoms with Gasteiger partial charge in [0.2, 0.25) is 5.91 Å². The van der Waals surface area contributed by atoms with Crippen molar-refractivity contribution in [2.75, 3.05) is 13.2 Å². The third kappa shape index (κ3) is 20.1. The lowest BCUT2D eigenvalue weighted by Crippen LogP contribution is -2.60. The minimum Gasteiger partial charge on any atom is -0.394 e. The first-order valence-electron chi connectivity index (χ1n) is 18.6. The van der Waals surface area contributed by atoms with E-state index in [9.17, 15) is 30.3 Å². The molecule has 0 aliphatic carbocycles. The number of amides is 1. The first-order chi connectivity index (χ1) is 22.3. The van der Waals surface area contributed by atoms with Gasteiger partial charge in [-0.25, -0.2) is 0 Å². The van der Waals surface area contributed by atoms with Crippen LogP contribution in [0.5, 0.6) is 0 Å². The zero-order valence-corrected chi connectivity index (χ0v) is 29.1.